The van der Waals surface area contributed by atoms with Crippen LogP contribution in [-0.4, -0.2) is 31.1 Å². The van der Waals surface area contributed by atoms with Crippen molar-refractivity contribution in [1.29, 1.82) is 0 Å². The Balaban J connectivity index is 3.79. The van der Waals surface area contributed by atoms with E-state index < -0.39 is 0 Å². The molecule has 0 aromatic carbocycles. The van der Waals surface area contributed by atoms with Crippen LogP contribution in [0.5, 0.6) is 0 Å². The Morgan fingerprint density at radius 2 is 1.73 bits per heavy atom. The third-order valence-corrected chi connectivity index (χ3v) is 3.52. The molecule has 0 amide bonds. The molecule has 0 aliphatic carbocycles. The Hall–Kier alpha value is -0.0800. The topological polar surface area (TPSA) is 29.3 Å². The number of nitrogens with zero attached hydrogens (tertiary/aromatic N) is 1. The lowest BCUT2D eigenvalue weighted by Crippen LogP contribution is -2.39. The molecule has 2 atom stereocenters. The van der Waals surface area contributed by atoms with Crippen LogP contribution in [0.3, 0.4) is 0 Å². The Kier molecular flexibility index (Phi) is 6.46. The summed E-state index contributed by atoms with van der Waals surface area (Å²) in [6.07, 6.45) is 2.51. The van der Waals surface area contributed by atoms with Crippen LogP contribution in [0.2, 0.25) is 0 Å². The van der Waals surface area contributed by atoms with Gasteiger partial charge in [0.05, 0.1) is 0 Å². The van der Waals surface area contributed by atoms with E-state index in [-0.39, 0.29) is 0 Å². The second kappa shape index (κ2) is 6.49. The van der Waals surface area contributed by atoms with Crippen LogP contribution < -0.4 is 5.73 Å². The second-order valence-corrected chi connectivity index (χ2v) is 6.01. The Morgan fingerprint density at radius 3 is 2.13 bits per heavy atom. The summed E-state index contributed by atoms with van der Waals surface area (Å²) in [5, 5.41) is 0. The molecule has 0 saturated heterocycles. The van der Waals surface area contributed by atoms with Gasteiger partial charge >= 0.3 is 0 Å². The zero-order chi connectivity index (χ0) is 12.1. The Labute approximate surface area is 96.2 Å². The fourth-order valence-corrected chi connectivity index (χ4v) is 1.66. The first-order valence-electron chi connectivity index (χ1n) is 6.19. The van der Waals surface area contributed by atoms with Crippen molar-refractivity contribution in [3.63, 3.8) is 0 Å². The van der Waals surface area contributed by atoms with E-state index >= 15 is 0 Å². The third-order valence-electron chi connectivity index (χ3n) is 3.52. The average molecular weight is 214 g/mol. The molecule has 0 spiro atoms. The van der Waals surface area contributed by atoms with E-state index in [0.29, 0.717) is 17.4 Å². The lowest BCUT2D eigenvalue weighted by Gasteiger charge is -2.35. The van der Waals surface area contributed by atoms with Crippen molar-refractivity contribution in [2.75, 3.05) is 20.1 Å². The zero-order valence-electron chi connectivity index (χ0n) is 11.5. The highest BCUT2D eigenvalue weighted by Crippen LogP contribution is 2.23. The van der Waals surface area contributed by atoms with Crippen LogP contribution in [0.25, 0.3) is 0 Å². The highest BCUT2D eigenvalue weighted by atomic mass is 15.1. The van der Waals surface area contributed by atoms with Crippen LogP contribution in [0.1, 0.15) is 47.5 Å². The van der Waals surface area contributed by atoms with Gasteiger partial charge < -0.3 is 10.6 Å². The molecule has 0 aliphatic rings. The lowest BCUT2D eigenvalue weighted by molar-refractivity contribution is 0.137. The SMILES string of the molecule is CC(CN)CCCN(C)C(C)C(C)(C)C. The van der Waals surface area contributed by atoms with Gasteiger partial charge in [-0.15, -0.1) is 0 Å². The van der Waals surface area contributed by atoms with Crippen LogP contribution in [0.15, 0.2) is 0 Å². The van der Waals surface area contributed by atoms with Gasteiger partial charge in [0, 0.05) is 6.04 Å². The average Bonchev–Trinajstić information content (AvgIpc) is 2.14. The molecule has 2 heteroatoms. The van der Waals surface area contributed by atoms with E-state index in [2.05, 4.69) is 46.6 Å². The maximum Gasteiger partial charge on any atom is 0.0112 e. The minimum Gasteiger partial charge on any atom is -0.330 e. The predicted octanol–water partition coefficient (Wildman–Crippen LogP) is 2.73. The first-order valence-corrected chi connectivity index (χ1v) is 6.19. The van der Waals surface area contributed by atoms with Gasteiger partial charge in [-0.05, 0) is 51.2 Å². The van der Waals surface area contributed by atoms with Gasteiger partial charge in [0.15, 0.2) is 0 Å². The van der Waals surface area contributed by atoms with Crippen LogP contribution in [-0.2, 0) is 0 Å². The van der Waals surface area contributed by atoms with Gasteiger partial charge in [0.25, 0.3) is 0 Å². The maximum atomic E-state index is 5.60. The summed E-state index contributed by atoms with van der Waals surface area (Å²) in [5.74, 6) is 0.670. The first kappa shape index (κ1) is 14.9. The molecule has 0 aromatic rings. The number of hydrogen-bond acceptors (Lipinski definition) is 2. The molecule has 0 heterocycles. The highest BCUT2D eigenvalue weighted by Gasteiger charge is 2.23. The van der Waals surface area contributed by atoms with Crippen molar-refractivity contribution in [1.82, 2.24) is 4.90 Å². The molecule has 0 saturated carbocycles. The maximum absolute atomic E-state index is 5.60. The molecular weight excluding hydrogens is 184 g/mol. The zero-order valence-corrected chi connectivity index (χ0v) is 11.5. The van der Waals surface area contributed by atoms with Gasteiger partial charge in [-0.25, -0.2) is 0 Å². The highest BCUT2D eigenvalue weighted by molar-refractivity contribution is 4.77. The van der Waals surface area contributed by atoms with Crippen molar-refractivity contribution >= 4 is 0 Å². The minimum absolute atomic E-state index is 0.369. The van der Waals surface area contributed by atoms with Gasteiger partial charge in [-0.2, -0.15) is 0 Å². The molecule has 2 unspecified atom stereocenters. The largest absolute Gasteiger partial charge is 0.330 e. The molecule has 0 aliphatic heterocycles. The fourth-order valence-electron chi connectivity index (χ4n) is 1.66. The molecule has 15 heavy (non-hydrogen) atoms. The van der Waals surface area contributed by atoms with Gasteiger partial charge in [-0.1, -0.05) is 27.7 Å². The molecular formula is C13H30N2. The predicted molar refractivity (Wildman–Crippen MR) is 69.0 cm³/mol. The summed E-state index contributed by atoms with van der Waals surface area (Å²) < 4.78 is 0. The van der Waals surface area contributed by atoms with Crippen molar-refractivity contribution < 1.29 is 0 Å². The second-order valence-electron chi connectivity index (χ2n) is 6.01. The van der Waals surface area contributed by atoms with E-state index in [1.807, 2.05) is 0 Å². The molecule has 0 fully saturated rings. The van der Waals surface area contributed by atoms with Crippen LogP contribution >= 0.6 is 0 Å². The monoisotopic (exact) mass is 214 g/mol. The summed E-state index contributed by atoms with van der Waals surface area (Å²) in [6, 6.07) is 0.630. The van der Waals surface area contributed by atoms with Crippen molar-refractivity contribution in [3.8, 4) is 0 Å². The summed E-state index contributed by atoms with van der Waals surface area (Å²) in [7, 11) is 2.23. The van der Waals surface area contributed by atoms with Gasteiger partial charge in [0.2, 0.25) is 0 Å². The van der Waals surface area contributed by atoms with Crippen molar-refractivity contribution in [3.05, 3.63) is 0 Å². The molecule has 0 bridgehead atoms. The van der Waals surface area contributed by atoms with Gasteiger partial charge in [0.1, 0.15) is 0 Å². The quantitative estimate of drug-likeness (QED) is 0.736. The Bertz CT molecular complexity index is 160. The van der Waals surface area contributed by atoms with E-state index in [0.717, 1.165) is 6.54 Å². The molecule has 2 nitrogen and oxygen atoms in total. The number of rotatable bonds is 6. The van der Waals surface area contributed by atoms with Crippen LogP contribution in [0, 0.1) is 11.3 Å². The summed E-state index contributed by atoms with van der Waals surface area (Å²) >= 11 is 0. The summed E-state index contributed by atoms with van der Waals surface area (Å²) in [5.41, 5.74) is 5.97. The molecule has 0 aromatic heterocycles. The van der Waals surface area contributed by atoms with Crippen LogP contribution in [0.4, 0.5) is 0 Å². The first-order chi connectivity index (χ1) is 6.79. The molecule has 0 rings (SSSR count). The summed E-state index contributed by atoms with van der Waals surface area (Å²) in [4.78, 5) is 2.46. The van der Waals surface area contributed by atoms with E-state index in [1.54, 1.807) is 0 Å². The molecule has 0 radical (unpaired) electrons. The number of hydrogen-bond donors (Lipinski definition) is 1. The number of nitrogens with two attached hydrogens (primary N) is 1. The minimum atomic E-state index is 0.369. The standard InChI is InChI=1S/C13H30N2/c1-11(10-14)8-7-9-15(6)12(2)13(3,4)5/h11-12H,7-10,14H2,1-6H3. The molecule has 92 valence electrons. The Morgan fingerprint density at radius 1 is 1.20 bits per heavy atom. The van der Waals surface area contributed by atoms with E-state index in [4.69, 9.17) is 5.73 Å². The lowest BCUT2D eigenvalue weighted by atomic mass is 9.87. The van der Waals surface area contributed by atoms with Gasteiger partial charge in [-0.3, -0.25) is 0 Å². The van der Waals surface area contributed by atoms with Crippen molar-refractivity contribution in [2.45, 2.75) is 53.5 Å². The normalized spacial score (nSPS) is 16.8. The van der Waals surface area contributed by atoms with E-state index in [9.17, 15) is 0 Å². The fraction of sp³-hybridized carbons (Fsp3) is 1.00. The van der Waals surface area contributed by atoms with Crippen molar-refractivity contribution in [2.24, 2.45) is 17.1 Å². The van der Waals surface area contributed by atoms with E-state index in [1.165, 1.54) is 19.4 Å². The smallest absolute Gasteiger partial charge is 0.0112 e. The third kappa shape index (κ3) is 6.16. The molecule has 2 N–H and O–H groups in total. The summed E-state index contributed by atoms with van der Waals surface area (Å²) in [6.45, 7) is 13.4.